The van der Waals surface area contributed by atoms with Crippen LogP contribution in [0.15, 0.2) is 42.5 Å². The standard InChI is InChI=1S/C18H19ClN2OS/c1-4-12-9-10-16(23-12)15-11-17(18(2,3)22)20-21(15)14-8-6-5-7-13(14)19/h5-11,22H,4H2,1-3H3. The highest BCUT2D eigenvalue weighted by atomic mass is 35.5. The zero-order chi connectivity index (χ0) is 16.6. The molecule has 0 fully saturated rings. The van der Waals surface area contributed by atoms with Crippen molar-refractivity contribution in [3.63, 3.8) is 0 Å². The van der Waals surface area contributed by atoms with Crippen LogP contribution in [-0.4, -0.2) is 14.9 Å². The maximum atomic E-state index is 10.3. The minimum Gasteiger partial charge on any atom is -0.384 e. The van der Waals surface area contributed by atoms with Crippen molar-refractivity contribution in [3.8, 4) is 16.3 Å². The molecule has 3 rings (SSSR count). The fourth-order valence-corrected chi connectivity index (χ4v) is 3.53. The summed E-state index contributed by atoms with van der Waals surface area (Å²) in [6.45, 7) is 5.62. The fourth-order valence-electron chi connectivity index (χ4n) is 2.37. The number of aromatic nitrogens is 2. The van der Waals surface area contributed by atoms with E-state index in [4.69, 9.17) is 11.6 Å². The maximum Gasteiger partial charge on any atom is 0.103 e. The highest BCUT2D eigenvalue weighted by molar-refractivity contribution is 7.15. The van der Waals surface area contributed by atoms with Crippen LogP contribution in [0.4, 0.5) is 0 Å². The van der Waals surface area contributed by atoms with Crippen LogP contribution in [0, 0.1) is 0 Å². The first-order valence-corrected chi connectivity index (χ1v) is 8.76. The topological polar surface area (TPSA) is 38.1 Å². The second-order valence-corrected chi connectivity index (χ2v) is 7.53. The van der Waals surface area contributed by atoms with Crippen molar-refractivity contribution in [1.29, 1.82) is 0 Å². The van der Waals surface area contributed by atoms with Gasteiger partial charge in [0.15, 0.2) is 0 Å². The van der Waals surface area contributed by atoms with E-state index in [0.717, 1.165) is 22.7 Å². The van der Waals surface area contributed by atoms with Crippen LogP contribution >= 0.6 is 22.9 Å². The van der Waals surface area contributed by atoms with Crippen LogP contribution in [0.5, 0.6) is 0 Å². The summed E-state index contributed by atoms with van der Waals surface area (Å²) in [7, 11) is 0. The monoisotopic (exact) mass is 346 g/mol. The van der Waals surface area contributed by atoms with Gasteiger partial charge in [-0.05, 0) is 50.6 Å². The van der Waals surface area contributed by atoms with Gasteiger partial charge in [0.25, 0.3) is 0 Å². The van der Waals surface area contributed by atoms with E-state index in [1.165, 1.54) is 4.88 Å². The summed E-state index contributed by atoms with van der Waals surface area (Å²) in [5.41, 5.74) is 1.37. The van der Waals surface area contributed by atoms with Crippen molar-refractivity contribution >= 4 is 22.9 Å². The second-order valence-electron chi connectivity index (χ2n) is 5.96. The molecule has 23 heavy (non-hydrogen) atoms. The third-order valence-corrected chi connectivity index (χ3v) is 5.25. The molecule has 0 spiro atoms. The summed E-state index contributed by atoms with van der Waals surface area (Å²) >= 11 is 8.09. The Hall–Kier alpha value is -1.62. The third kappa shape index (κ3) is 3.20. The normalized spacial score (nSPS) is 11.9. The summed E-state index contributed by atoms with van der Waals surface area (Å²) in [6.07, 6.45) is 1.00. The van der Waals surface area contributed by atoms with E-state index in [0.29, 0.717) is 10.7 Å². The number of hydrogen-bond acceptors (Lipinski definition) is 3. The van der Waals surface area contributed by atoms with Crippen molar-refractivity contribution in [1.82, 2.24) is 9.78 Å². The molecule has 0 unspecified atom stereocenters. The molecule has 0 amide bonds. The molecule has 5 heteroatoms. The Kier molecular flexibility index (Phi) is 4.32. The van der Waals surface area contributed by atoms with Gasteiger partial charge >= 0.3 is 0 Å². The highest BCUT2D eigenvalue weighted by Crippen LogP contribution is 2.34. The summed E-state index contributed by atoms with van der Waals surface area (Å²) in [4.78, 5) is 2.43. The van der Waals surface area contributed by atoms with Gasteiger partial charge in [-0.2, -0.15) is 5.10 Å². The van der Waals surface area contributed by atoms with E-state index in [1.54, 1.807) is 25.2 Å². The van der Waals surface area contributed by atoms with Gasteiger partial charge in [-0.1, -0.05) is 30.7 Å². The Balaban J connectivity index is 2.21. The van der Waals surface area contributed by atoms with Gasteiger partial charge in [0, 0.05) is 4.88 Å². The quantitative estimate of drug-likeness (QED) is 0.718. The first-order valence-electron chi connectivity index (χ1n) is 7.57. The zero-order valence-electron chi connectivity index (χ0n) is 13.4. The number of benzene rings is 1. The van der Waals surface area contributed by atoms with Gasteiger partial charge in [-0.15, -0.1) is 11.3 Å². The van der Waals surface area contributed by atoms with Gasteiger partial charge < -0.3 is 5.11 Å². The van der Waals surface area contributed by atoms with E-state index in [2.05, 4.69) is 24.2 Å². The number of thiophene rings is 1. The Labute approximate surface area is 145 Å². The van der Waals surface area contributed by atoms with Gasteiger partial charge in [-0.25, -0.2) is 4.68 Å². The molecule has 3 nitrogen and oxygen atoms in total. The van der Waals surface area contributed by atoms with Gasteiger partial charge in [0.1, 0.15) is 5.60 Å². The van der Waals surface area contributed by atoms with Gasteiger partial charge in [0.05, 0.1) is 27.0 Å². The van der Waals surface area contributed by atoms with Crippen molar-refractivity contribution < 1.29 is 5.11 Å². The minimum atomic E-state index is -1.01. The first-order chi connectivity index (χ1) is 10.9. The number of aliphatic hydroxyl groups is 1. The zero-order valence-corrected chi connectivity index (χ0v) is 14.9. The molecule has 120 valence electrons. The lowest BCUT2D eigenvalue weighted by atomic mass is 10.1. The molecule has 0 atom stereocenters. The molecule has 0 radical (unpaired) electrons. The molecular weight excluding hydrogens is 328 g/mol. The molecule has 0 aliphatic heterocycles. The van der Waals surface area contributed by atoms with Crippen LogP contribution < -0.4 is 0 Å². The largest absolute Gasteiger partial charge is 0.384 e. The number of halogens is 1. The molecule has 0 aliphatic carbocycles. The second kappa shape index (κ2) is 6.11. The van der Waals surface area contributed by atoms with Crippen LogP contribution in [0.2, 0.25) is 5.02 Å². The Morgan fingerprint density at radius 3 is 2.57 bits per heavy atom. The van der Waals surface area contributed by atoms with E-state index in [9.17, 15) is 5.11 Å². The Bertz CT molecular complexity index is 830. The molecule has 0 saturated carbocycles. The summed E-state index contributed by atoms with van der Waals surface area (Å²) in [6, 6.07) is 13.8. The average Bonchev–Trinajstić information content (AvgIpc) is 3.13. The molecule has 1 N–H and O–H groups in total. The van der Waals surface area contributed by atoms with Crippen LogP contribution in [-0.2, 0) is 12.0 Å². The van der Waals surface area contributed by atoms with Gasteiger partial charge in [0.2, 0.25) is 0 Å². The van der Waals surface area contributed by atoms with Crippen LogP contribution in [0.3, 0.4) is 0 Å². The Morgan fingerprint density at radius 1 is 1.22 bits per heavy atom. The average molecular weight is 347 g/mol. The predicted octanol–water partition coefficient (Wildman–Crippen LogP) is 5.04. The molecule has 2 aromatic heterocycles. The number of aryl methyl sites for hydroxylation is 1. The summed E-state index contributed by atoms with van der Waals surface area (Å²) in [5, 5.41) is 15.6. The number of hydrogen-bond donors (Lipinski definition) is 1. The van der Waals surface area contributed by atoms with Crippen LogP contribution in [0.25, 0.3) is 16.3 Å². The van der Waals surface area contributed by atoms with Crippen LogP contribution in [0.1, 0.15) is 31.3 Å². The summed E-state index contributed by atoms with van der Waals surface area (Å²) < 4.78 is 1.82. The molecule has 2 heterocycles. The number of nitrogens with zero attached hydrogens (tertiary/aromatic N) is 2. The molecule has 0 bridgehead atoms. The fraction of sp³-hybridized carbons (Fsp3) is 0.278. The van der Waals surface area contributed by atoms with Gasteiger partial charge in [-0.3, -0.25) is 0 Å². The predicted molar refractivity (Wildman–Crippen MR) is 96.5 cm³/mol. The van der Waals surface area contributed by atoms with E-state index < -0.39 is 5.60 Å². The third-order valence-electron chi connectivity index (χ3n) is 3.68. The number of para-hydroxylation sites is 1. The molecule has 0 saturated heterocycles. The van der Waals surface area contributed by atoms with Crippen molar-refractivity contribution in [2.45, 2.75) is 32.8 Å². The summed E-state index contributed by atoms with van der Waals surface area (Å²) in [5.74, 6) is 0. The molecule has 1 aromatic carbocycles. The molecular formula is C18H19ClN2OS. The Morgan fingerprint density at radius 2 is 1.96 bits per heavy atom. The van der Waals surface area contributed by atoms with Crippen molar-refractivity contribution in [3.05, 3.63) is 58.1 Å². The molecule has 3 aromatic rings. The SMILES string of the molecule is CCc1ccc(-c2cc(C(C)(C)O)nn2-c2ccccc2Cl)s1. The van der Waals surface area contributed by atoms with E-state index >= 15 is 0 Å². The van der Waals surface area contributed by atoms with Crippen molar-refractivity contribution in [2.24, 2.45) is 0 Å². The molecule has 0 aliphatic rings. The van der Waals surface area contributed by atoms with E-state index in [-0.39, 0.29) is 0 Å². The lowest BCUT2D eigenvalue weighted by molar-refractivity contribution is 0.0734. The van der Waals surface area contributed by atoms with E-state index in [1.807, 2.05) is 35.0 Å². The lowest BCUT2D eigenvalue weighted by Gasteiger charge is -2.13. The first kappa shape index (κ1) is 16.2. The lowest BCUT2D eigenvalue weighted by Crippen LogP contribution is -2.16. The number of rotatable bonds is 4. The highest BCUT2D eigenvalue weighted by Gasteiger charge is 2.24. The smallest absolute Gasteiger partial charge is 0.103 e. The minimum absolute atomic E-state index is 0.624. The maximum absolute atomic E-state index is 10.3. The van der Waals surface area contributed by atoms with Crippen molar-refractivity contribution in [2.75, 3.05) is 0 Å².